The number of nitrogens with two attached hydrogens (primary N) is 1. The van der Waals surface area contributed by atoms with Crippen LogP contribution in [0.4, 0.5) is 0 Å². The molecule has 0 radical (unpaired) electrons. The van der Waals surface area contributed by atoms with E-state index in [9.17, 15) is 13.2 Å². The normalized spacial score (nSPS) is 11.7. The summed E-state index contributed by atoms with van der Waals surface area (Å²) in [5, 5.41) is 8.84. The van der Waals surface area contributed by atoms with Gasteiger partial charge in [0.15, 0.2) is 0 Å². The molecule has 26 heavy (non-hydrogen) atoms. The molecule has 0 saturated carbocycles. The van der Waals surface area contributed by atoms with E-state index in [1.165, 1.54) is 12.1 Å². The summed E-state index contributed by atoms with van der Waals surface area (Å²) < 4.78 is 28.4. The van der Waals surface area contributed by atoms with Crippen molar-refractivity contribution in [1.82, 2.24) is 5.32 Å². The minimum absolute atomic E-state index is 0.0240. The van der Waals surface area contributed by atoms with Crippen LogP contribution in [0.25, 0.3) is 11.0 Å². The van der Waals surface area contributed by atoms with Crippen molar-refractivity contribution in [1.29, 1.82) is 0 Å². The van der Waals surface area contributed by atoms with E-state index in [1.807, 2.05) is 26.0 Å². The van der Waals surface area contributed by atoms with E-state index >= 15 is 0 Å². The third kappa shape index (κ3) is 3.79. The van der Waals surface area contributed by atoms with Gasteiger partial charge in [-0.15, -0.1) is 0 Å². The number of nitrogens with one attached hydrogen (secondary N) is 1. The van der Waals surface area contributed by atoms with Gasteiger partial charge in [0.2, 0.25) is 15.9 Å². The summed E-state index contributed by atoms with van der Waals surface area (Å²) in [6.45, 7) is 4.22. The number of hydrogen-bond acceptors (Lipinski definition) is 4. The van der Waals surface area contributed by atoms with Crippen LogP contribution in [0.5, 0.6) is 0 Å². The van der Waals surface area contributed by atoms with Crippen LogP contribution in [-0.2, 0) is 27.8 Å². The Morgan fingerprint density at radius 3 is 2.69 bits per heavy atom. The first-order chi connectivity index (χ1) is 12.3. The van der Waals surface area contributed by atoms with E-state index in [1.54, 1.807) is 18.4 Å². The van der Waals surface area contributed by atoms with Gasteiger partial charge < -0.3 is 9.73 Å². The topological polar surface area (TPSA) is 102 Å². The van der Waals surface area contributed by atoms with Crippen molar-refractivity contribution < 1.29 is 17.6 Å². The molecule has 1 heterocycles. The number of sulfonamides is 1. The fourth-order valence-electron chi connectivity index (χ4n) is 2.79. The van der Waals surface area contributed by atoms with Crippen LogP contribution in [0.1, 0.15) is 22.3 Å². The maximum absolute atomic E-state index is 12.3. The number of carbonyl (C=O) groups excluding carboxylic acids is 1. The number of hydrogen-bond donors (Lipinski definition) is 2. The molecule has 6 nitrogen and oxygen atoms in total. The predicted molar refractivity (Wildman–Crippen MR) is 99.1 cm³/mol. The Labute approximate surface area is 152 Å². The molecular formula is C19H20N2O4S. The van der Waals surface area contributed by atoms with Gasteiger partial charge in [0, 0.05) is 17.5 Å². The Balaban J connectivity index is 1.70. The lowest BCUT2D eigenvalue weighted by Crippen LogP contribution is -2.24. The lowest BCUT2D eigenvalue weighted by molar-refractivity contribution is -0.120. The molecule has 3 rings (SSSR count). The van der Waals surface area contributed by atoms with Crippen molar-refractivity contribution in [2.24, 2.45) is 5.14 Å². The number of furan rings is 1. The second-order valence-electron chi connectivity index (χ2n) is 6.29. The molecule has 0 aliphatic heterocycles. The van der Waals surface area contributed by atoms with Gasteiger partial charge >= 0.3 is 0 Å². The molecule has 0 aliphatic rings. The predicted octanol–water partition coefficient (Wildman–Crippen LogP) is 2.56. The van der Waals surface area contributed by atoms with Crippen molar-refractivity contribution in [3.8, 4) is 0 Å². The smallest absolute Gasteiger partial charge is 0.238 e. The summed E-state index contributed by atoms with van der Waals surface area (Å²) >= 11 is 0. The van der Waals surface area contributed by atoms with E-state index in [0.717, 1.165) is 27.7 Å². The highest BCUT2D eigenvalue weighted by Crippen LogP contribution is 2.26. The Bertz CT molecular complexity index is 1080. The van der Waals surface area contributed by atoms with Crippen molar-refractivity contribution in [3.63, 3.8) is 0 Å². The Morgan fingerprint density at radius 2 is 1.96 bits per heavy atom. The van der Waals surface area contributed by atoms with E-state index < -0.39 is 10.0 Å². The number of carbonyl (C=O) groups is 1. The molecule has 1 aromatic heterocycles. The molecule has 0 fully saturated rings. The Morgan fingerprint density at radius 1 is 1.19 bits per heavy atom. The molecule has 2 aromatic carbocycles. The van der Waals surface area contributed by atoms with Crippen LogP contribution in [-0.4, -0.2) is 14.3 Å². The monoisotopic (exact) mass is 372 g/mol. The number of benzene rings is 2. The molecule has 0 spiro atoms. The standard InChI is InChI=1S/C19H20N2O4S/c1-12-6-7-17-15(11-25-19(17)13(12)2)9-18(22)21-10-14-4-3-5-16(8-14)26(20,23)24/h3-8,11H,9-10H2,1-2H3,(H,21,22)(H2,20,23,24). The second kappa shape index (κ2) is 6.93. The minimum Gasteiger partial charge on any atom is -0.464 e. The Hall–Kier alpha value is -2.64. The minimum atomic E-state index is -3.76. The molecule has 0 bridgehead atoms. The quantitative estimate of drug-likeness (QED) is 0.718. The summed E-state index contributed by atoms with van der Waals surface area (Å²) in [7, 11) is -3.76. The zero-order valence-corrected chi connectivity index (χ0v) is 15.4. The molecule has 1 amide bonds. The highest BCUT2D eigenvalue weighted by atomic mass is 32.2. The molecule has 0 unspecified atom stereocenters. The van der Waals surface area contributed by atoms with E-state index in [2.05, 4.69) is 5.32 Å². The molecule has 3 N–H and O–H groups in total. The van der Waals surface area contributed by atoms with Crippen molar-refractivity contribution in [2.45, 2.75) is 31.7 Å². The summed E-state index contributed by atoms with van der Waals surface area (Å²) in [5.41, 5.74) is 4.48. The van der Waals surface area contributed by atoms with Crippen LogP contribution in [0.3, 0.4) is 0 Å². The lowest BCUT2D eigenvalue weighted by Gasteiger charge is -2.06. The van der Waals surface area contributed by atoms with Gasteiger partial charge in [-0.05, 0) is 42.7 Å². The number of aryl methyl sites for hydroxylation is 2. The zero-order chi connectivity index (χ0) is 18.9. The molecule has 0 aliphatic carbocycles. The van der Waals surface area contributed by atoms with Gasteiger partial charge in [-0.2, -0.15) is 0 Å². The summed E-state index contributed by atoms with van der Waals surface area (Å²) in [5.74, 6) is -0.174. The van der Waals surface area contributed by atoms with E-state index in [-0.39, 0.29) is 23.8 Å². The maximum atomic E-state index is 12.3. The number of fused-ring (bicyclic) bond motifs is 1. The highest BCUT2D eigenvalue weighted by Gasteiger charge is 2.13. The first kappa shape index (κ1) is 18.2. The third-order valence-corrected chi connectivity index (χ3v) is 5.32. The van der Waals surface area contributed by atoms with Gasteiger partial charge in [-0.1, -0.05) is 24.3 Å². The van der Waals surface area contributed by atoms with Crippen LogP contribution in [0.15, 0.2) is 52.0 Å². The Kier molecular flexibility index (Phi) is 4.84. The number of rotatable bonds is 5. The summed E-state index contributed by atoms with van der Waals surface area (Å²) in [6.07, 6.45) is 1.79. The SMILES string of the molecule is Cc1ccc2c(CC(=O)NCc3cccc(S(N)(=O)=O)c3)coc2c1C. The first-order valence-electron chi connectivity index (χ1n) is 8.10. The van der Waals surface area contributed by atoms with Crippen LogP contribution in [0, 0.1) is 13.8 Å². The van der Waals surface area contributed by atoms with Gasteiger partial charge in [0.05, 0.1) is 17.6 Å². The van der Waals surface area contributed by atoms with E-state index in [0.29, 0.717) is 5.56 Å². The van der Waals surface area contributed by atoms with Crippen LogP contribution in [0.2, 0.25) is 0 Å². The van der Waals surface area contributed by atoms with Crippen molar-refractivity contribution in [3.05, 3.63) is 64.9 Å². The van der Waals surface area contributed by atoms with Crippen LogP contribution < -0.4 is 10.5 Å². The third-order valence-electron chi connectivity index (χ3n) is 4.41. The summed E-state index contributed by atoms with van der Waals surface area (Å²) in [6, 6.07) is 10.2. The maximum Gasteiger partial charge on any atom is 0.238 e. The van der Waals surface area contributed by atoms with Gasteiger partial charge in [-0.3, -0.25) is 4.79 Å². The number of primary sulfonamides is 1. The molecule has 7 heteroatoms. The summed E-state index contributed by atoms with van der Waals surface area (Å²) in [4.78, 5) is 12.3. The molecule has 0 atom stereocenters. The van der Waals surface area contributed by atoms with Crippen molar-refractivity contribution in [2.75, 3.05) is 0 Å². The molecule has 136 valence electrons. The molecule has 3 aromatic rings. The first-order valence-corrected chi connectivity index (χ1v) is 9.65. The van der Waals surface area contributed by atoms with Gasteiger partial charge in [-0.25, -0.2) is 13.6 Å². The fraction of sp³-hybridized carbons (Fsp3) is 0.211. The molecule has 0 saturated heterocycles. The lowest BCUT2D eigenvalue weighted by atomic mass is 10.0. The molecular weight excluding hydrogens is 352 g/mol. The zero-order valence-electron chi connectivity index (χ0n) is 14.6. The largest absolute Gasteiger partial charge is 0.464 e. The van der Waals surface area contributed by atoms with Gasteiger partial charge in [0.1, 0.15) is 5.58 Å². The average molecular weight is 372 g/mol. The number of amides is 1. The highest BCUT2D eigenvalue weighted by molar-refractivity contribution is 7.89. The van der Waals surface area contributed by atoms with Crippen molar-refractivity contribution >= 4 is 26.9 Å². The fourth-order valence-corrected chi connectivity index (χ4v) is 3.38. The van der Waals surface area contributed by atoms with Crippen LogP contribution >= 0.6 is 0 Å². The van der Waals surface area contributed by atoms with E-state index in [4.69, 9.17) is 9.56 Å². The average Bonchev–Trinajstić information content (AvgIpc) is 2.99. The second-order valence-corrected chi connectivity index (χ2v) is 7.85. The van der Waals surface area contributed by atoms with Gasteiger partial charge in [0.25, 0.3) is 0 Å².